The Hall–Kier alpha value is -1.30. The zero-order chi connectivity index (χ0) is 12.3. The van der Waals surface area contributed by atoms with Gasteiger partial charge in [-0.25, -0.2) is 8.78 Å². The number of benzene rings is 1. The molecule has 0 heterocycles. The van der Waals surface area contributed by atoms with E-state index in [0.29, 0.717) is 0 Å². The predicted octanol–water partition coefficient (Wildman–Crippen LogP) is 1.94. The monoisotopic (exact) mass is 248 g/mol. The van der Waals surface area contributed by atoms with Crippen molar-refractivity contribution in [2.24, 2.45) is 0 Å². The van der Waals surface area contributed by atoms with Crippen molar-refractivity contribution in [3.63, 3.8) is 0 Å². The van der Waals surface area contributed by atoms with Gasteiger partial charge in [0, 0.05) is 4.90 Å². The van der Waals surface area contributed by atoms with Gasteiger partial charge in [-0.05, 0) is 24.6 Å². The number of carbonyl (C=O) groups is 1. The summed E-state index contributed by atoms with van der Waals surface area (Å²) in [5.74, 6) is -3.40. The number of hydrogen-bond donors (Lipinski definition) is 1. The Morgan fingerprint density at radius 2 is 2.06 bits per heavy atom. The number of carboxylic acid groups (broad SMARTS) is 1. The maximum atomic E-state index is 12.9. The summed E-state index contributed by atoms with van der Waals surface area (Å²) in [6, 6.07) is 2.72. The Kier molecular flexibility index (Phi) is 4.12. The van der Waals surface area contributed by atoms with Crippen molar-refractivity contribution in [3.05, 3.63) is 29.8 Å². The summed E-state index contributed by atoms with van der Waals surface area (Å²) in [5.41, 5.74) is 0. The van der Waals surface area contributed by atoms with Crippen LogP contribution < -0.4 is 0 Å². The number of rotatable bonds is 4. The molecule has 0 spiro atoms. The third kappa shape index (κ3) is 2.63. The molecule has 0 bridgehead atoms. The Balaban J connectivity index is 3.04. The molecule has 2 unspecified atom stereocenters. The van der Waals surface area contributed by atoms with E-state index in [0.717, 1.165) is 18.2 Å². The lowest BCUT2D eigenvalue weighted by Gasteiger charge is -2.09. The highest BCUT2D eigenvalue weighted by atomic mass is 32.2. The van der Waals surface area contributed by atoms with E-state index >= 15 is 0 Å². The fraction of sp³-hybridized carbons (Fsp3) is 0.300. The average molecular weight is 248 g/mol. The van der Waals surface area contributed by atoms with Crippen molar-refractivity contribution < 1.29 is 22.9 Å². The van der Waals surface area contributed by atoms with Crippen LogP contribution in [0.2, 0.25) is 0 Å². The number of aliphatic carboxylic acids is 1. The Morgan fingerprint density at radius 3 is 2.50 bits per heavy atom. The molecule has 0 aliphatic rings. The Morgan fingerprint density at radius 1 is 1.44 bits per heavy atom. The molecular formula is C10H10F2O3S. The largest absolute Gasteiger partial charge is 0.480 e. The van der Waals surface area contributed by atoms with E-state index < -0.39 is 33.7 Å². The second-order valence-electron chi connectivity index (χ2n) is 3.11. The van der Waals surface area contributed by atoms with Gasteiger partial charge in [-0.15, -0.1) is 0 Å². The molecule has 3 nitrogen and oxygen atoms in total. The lowest BCUT2D eigenvalue weighted by molar-refractivity contribution is -0.136. The summed E-state index contributed by atoms with van der Waals surface area (Å²) < 4.78 is 37.2. The zero-order valence-electron chi connectivity index (χ0n) is 8.44. The number of carboxylic acids is 1. The third-order valence-electron chi connectivity index (χ3n) is 2.03. The van der Waals surface area contributed by atoms with Gasteiger partial charge in [0.1, 0.15) is 5.25 Å². The summed E-state index contributed by atoms with van der Waals surface area (Å²) >= 11 is 0. The van der Waals surface area contributed by atoms with Crippen molar-refractivity contribution in [3.8, 4) is 0 Å². The van der Waals surface area contributed by atoms with Crippen LogP contribution in [0, 0.1) is 11.6 Å². The molecule has 0 aliphatic heterocycles. The van der Waals surface area contributed by atoms with E-state index in [2.05, 4.69) is 0 Å². The van der Waals surface area contributed by atoms with Crippen molar-refractivity contribution in [1.82, 2.24) is 0 Å². The standard InChI is InChI=1S/C10H10F2O3S/c1-2-9(10(13)14)16(15)6-3-4-7(11)8(12)5-6/h3-5,9H,2H2,1H3,(H,13,14). The molecule has 0 aromatic heterocycles. The normalized spacial score (nSPS) is 14.4. The van der Waals surface area contributed by atoms with E-state index in [9.17, 15) is 17.8 Å². The SMILES string of the molecule is CCC(C(=O)O)S(=O)c1ccc(F)c(F)c1. The Labute approximate surface area is 93.6 Å². The minimum absolute atomic E-state index is 0.0202. The van der Waals surface area contributed by atoms with Crippen molar-refractivity contribution in [1.29, 1.82) is 0 Å². The number of halogens is 2. The van der Waals surface area contributed by atoms with Gasteiger partial charge in [0.05, 0.1) is 10.8 Å². The molecule has 1 aromatic carbocycles. The molecule has 1 rings (SSSR count). The van der Waals surface area contributed by atoms with Crippen LogP contribution in [0.15, 0.2) is 23.1 Å². The van der Waals surface area contributed by atoms with Gasteiger partial charge in [-0.1, -0.05) is 6.92 Å². The van der Waals surface area contributed by atoms with Crippen molar-refractivity contribution in [2.75, 3.05) is 0 Å². The van der Waals surface area contributed by atoms with Gasteiger partial charge in [0.2, 0.25) is 0 Å². The molecular weight excluding hydrogens is 238 g/mol. The van der Waals surface area contributed by atoms with E-state index in [4.69, 9.17) is 5.11 Å². The summed E-state index contributed by atoms with van der Waals surface area (Å²) in [7, 11) is -1.88. The highest BCUT2D eigenvalue weighted by molar-refractivity contribution is 7.86. The summed E-state index contributed by atoms with van der Waals surface area (Å²) in [5, 5.41) is 7.66. The maximum absolute atomic E-state index is 12.9. The summed E-state index contributed by atoms with van der Waals surface area (Å²) in [6.07, 6.45) is 0.154. The van der Waals surface area contributed by atoms with Crippen LogP contribution in [0.3, 0.4) is 0 Å². The first-order valence-corrected chi connectivity index (χ1v) is 5.77. The van der Waals surface area contributed by atoms with Gasteiger partial charge >= 0.3 is 5.97 Å². The Bertz CT molecular complexity index is 434. The van der Waals surface area contributed by atoms with Crippen LogP contribution in [0.4, 0.5) is 8.78 Å². The molecule has 0 saturated carbocycles. The minimum Gasteiger partial charge on any atom is -0.480 e. The molecule has 0 aliphatic carbocycles. The van der Waals surface area contributed by atoms with Crippen LogP contribution in [0.1, 0.15) is 13.3 Å². The van der Waals surface area contributed by atoms with E-state index in [1.54, 1.807) is 6.92 Å². The lowest BCUT2D eigenvalue weighted by atomic mass is 10.3. The maximum Gasteiger partial charge on any atom is 0.319 e. The zero-order valence-corrected chi connectivity index (χ0v) is 9.26. The lowest BCUT2D eigenvalue weighted by Crippen LogP contribution is -2.24. The van der Waals surface area contributed by atoms with Crippen LogP contribution in [0.5, 0.6) is 0 Å². The van der Waals surface area contributed by atoms with E-state index in [1.807, 2.05) is 0 Å². The molecule has 0 fully saturated rings. The quantitative estimate of drug-likeness (QED) is 0.885. The molecule has 6 heteroatoms. The van der Waals surface area contributed by atoms with Crippen LogP contribution in [0.25, 0.3) is 0 Å². The number of hydrogen-bond acceptors (Lipinski definition) is 2. The molecule has 1 N–H and O–H groups in total. The fourth-order valence-corrected chi connectivity index (χ4v) is 2.42. The van der Waals surface area contributed by atoms with Gasteiger partial charge < -0.3 is 5.11 Å². The van der Waals surface area contributed by atoms with Crippen LogP contribution in [-0.4, -0.2) is 20.5 Å². The van der Waals surface area contributed by atoms with Crippen LogP contribution in [-0.2, 0) is 15.6 Å². The van der Waals surface area contributed by atoms with E-state index in [-0.39, 0.29) is 11.3 Å². The van der Waals surface area contributed by atoms with Gasteiger partial charge in [0.25, 0.3) is 0 Å². The topological polar surface area (TPSA) is 54.4 Å². The highest BCUT2D eigenvalue weighted by Gasteiger charge is 2.24. The predicted molar refractivity (Wildman–Crippen MR) is 54.5 cm³/mol. The van der Waals surface area contributed by atoms with Crippen LogP contribution >= 0.6 is 0 Å². The van der Waals surface area contributed by atoms with E-state index in [1.165, 1.54) is 0 Å². The second-order valence-corrected chi connectivity index (χ2v) is 4.74. The molecule has 1 aromatic rings. The minimum atomic E-state index is -1.88. The molecule has 88 valence electrons. The molecule has 16 heavy (non-hydrogen) atoms. The fourth-order valence-electron chi connectivity index (χ4n) is 1.18. The third-order valence-corrected chi connectivity index (χ3v) is 3.80. The summed E-state index contributed by atoms with van der Waals surface area (Å²) in [4.78, 5) is 10.7. The van der Waals surface area contributed by atoms with Crippen molar-refractivity contribution >= 4 is 16.8 Å². The molecule has 0 radical (unpaired) electrons. The first kappa shape index (κ1) is 12.8. The first-order valence-electron chi connectivity index (χ1n) is 4.55. The average Bonchev–Trinajstić information content (AvgIpc) is 2.22. The van der Waals surface area contributed by atoms with Gasteiger partial charge in [0.15, 0.2) is 11.6 Å². The molecule has 2 atom stereocenters. The van der Waals surface area contributed by atoms with Gasteiger partial charge in [-0.2, -0.15) is 0 Å². The summed E-state index contributed by atoms with van der Waals surface area (Å²) in [6.45, 7) is 1.57. The van der Waals surface area contributed by atoms with Gasteiger partial charge in [-0.3, -0.25) is 9.00 Å². The van der Waals surface area contributed by atoms with Crippen molar-refractivity contribution in [2.45, 2.75) is 23.5 Å². The molecule has 0 amide bonds. The second kappa shape index (κ2) is 5.16. The highest BCUT2D eigenvalue weighted by Crippen LogP contribution is 2.17. The molecule has 0 saturated heterocycles. The smallest absolute Gasteiger partial charge is 0.319 e. The first-order chi connectivity index (χ1) is 7.47.